The average Bonchev–Trinajstić information content (AvgIpc) is 2.66. The first-order valence-corrected chi connectivity index (χ1v) is 9.48. The van der Waals surface area contributed by atoms with E-state index in [0.29, 0.717) is 11.6 Å². The van der Waals surface area contributed by atoms with Crippen LogP contribution in [0.1, 0.15) is 49.7 Å². The van der Waals surface area contributed by atoms with Crippen LogP contribution >= 0.6 is 0 Å². The van der Waals surface area contributed by atoms with E-state index < -0.39 is 0 Å². The van der Waals surface area contributed by atoms with Crippen LogP contribution in [0.15, 0.2) is 42.5 Å². The van der Waals surface area contributed by atoms with E-state index in [2.05, 4.69) is 48.0 Å². The van der Waals surface area contributed by atoms with Gasteiger partial charge in [-0.2, -0.15) is 0 Å². The smallest absolute Gasteiger partial charge is 0.274 e. The van der Waals surface area contributed by atoms with Gasteiger partial charge in [0, 0.05) is 25.7 Å². The molecule has 1 aliphatic heterocycles. The van der Waals surface area contributed by atoms with Crippen molar-refractivity contribution in [1.29, 1.82) is 0 Å². The normalized spacial score (nSPS) is 17.4. The van der Waals surface area contributed by atoms with Crippen LogP contribution in [0.3, 0.4) is 0 Å². The third-order valence-corrected chi connectivity index (χ3v) is 4.93. The summed E-state index contributed by atoms with van der Waals surface area (Å²) in [6.45, 7) is 8.87. The number of hydrogen-bond acceptors (Lipinski definition) is 4. The zero-order chi connectivity index (χ0) is 18.5. The molecular formula is C21H28N4O. The summed E-state index contributed by atoms with van der Waals surface area (Å²) in [6.07, 6.45) is 2.26. The molecule has 0 bridgehead atoms. The number of benzene rings is 1. The maximum Gasteiger partial charge on any atom is 0.274 e. The molecule has 0 spiro atoms. The van der Waals surface area contributed by atoms with Gasteiger partial charge in [0.25, 0.3) is 5.91 Å². The Morgan fingerprint density at radius 2 is 1.96 bits per heavy atom. The molecule has 1 aliphatic rings. The molecule has 0 saturated carbocycles. The summed E-state index contributed by atoms with van der Waals surface area (Å²) >= 11 is 0. The number of piperidine rings is 1. The van der Waals surface area contributed by atoms with Gasteiger partial charge in [0.15, 0.2) is 11.5 Å². The summed E-state index contributed by atoms with van der Waals surface area (Å²) in [4.78, 5) is 16.8. The number of anilines is 1. The summed E-state index contributed by atoms with van der Waals surface area (Å²) in [6, 6.07) is 14.3. The highest BCUT2D eigenvalue weighted by molar-refractivity contribution is 5.92. The molecule has 0 radical (unpaired) electrons. The first kappa shape index (κ1) is 18.4. The summed E-state index contributed by atoms with van der Waals surface area (Å²) in [7, 11) is 0. The fraction of sp³-hybridized carbons (Fsp3) is 0.476. The van der Waals surface area contributed by atoms with Gasteiger partial charge < -0.3 is 9.80 Å². The first-order chi connectivity index (χ1) is 12.5. The second kappa shape index (κ2) is 8.30. The number of likely N-dealkylation sites (tertiary alicyclic amines) is 1. The molecule has 3 rings (SSSR count). The molecule has 138 valence electrons. The Kier molecular flexibility index (Phi) is 5.86. The molecule has 0 aliphatic carbocycles. The molecule has 1 unspecified atom stereocenters. The van der Waals surface area contributed by atoms with Crippen molar-refractivity contribution in [3.8, 4) is 0 Å². The van der Waals surface area contributed by atoms with Crippen molar-refractivity contribution in [2.75, 3.05) is 18.0 Å². The third-order valence-electron chi connectivity index (χ3n) is 4.93. The van der Waals surface area contributed by atoms with E-state index in [4.69, 9.17) is 0 Å². The number of amides is 1. The molecule has 1 atom stereocenters. The summed E-state index contributed by atoms with van der Waals surface area (Å²) in [5.41, 5.74) is 1.66. The largest absolute Gasteiger partial charge is 0.348 e. The molecule has 1 fully saturated rings. The maximum atomic E-state index is 12.7. The molecule has 2 heterocycles. The highest BCUT2D eigenvalue weighted by atomic mass is 16.2. The van der Waals surface area contributed by atoms with Gasteiger partial charge in [0.05, 0.1) is 0 Å². The van der Waals surface area contributed by atoms with Crippen LogP contribution in [0.2, 0.25) is 0 Å². The fourth-order valence-electron chi connectivity index (χ4n) is 3.44. The topological polar surface area (TPSA) is 49.3 Å². The molecule has 1 saturated heterocycles. The van der Waals surface area contributed by atoms with Gasteiger partial charge in [-0.05, 0) is 50.3 Å². The van der Waals surface area contributed by atoms with Gasteiger partial charge in [-0.1, -0.05) is 37.3 Å². The lowest BCUT2D eigenvalue weighted by molar-refractivity contribution is 0.0676. The van der Waals surface area contributed by atoms with Crippen molar-refractivity contribution in [2.24, 2.45) is 5.92 Å². The van der Waals surface area contributed by atoms with Crippen molar-refractivity contribution < 1.29 is 4.79 Å². The fourth-order valence-corrected chi connectivity index (χ4v) is 3.44. The van der Waals surface area contributed by atoms with E-state index in [9.17, 15) is 4.79 Å². The Morgan fingerprint density at radius 1 is 1.19 bits per heavy atom. The zero-order valence-corrected chi connectivity index (χ0v) is 15.9. The molecule has 1 amide bonds. The molecule has 26 heavy (non-hydrogen) atoms. The van der Waals surface area contributed by atoms with Gasteiger partial charge in [-0.15, -0.1) is 10.2 Å². The van der Waals surface area contributed by atoms with Gasteiger partial charge in [-0.25, -0.2) is 0 Å². The number of aromatic nitrogens is 2. The molecule has 1 aromatic heterocycles. The Morgan fingerprint density at radius 3 is 2.58 bits per heavy atom. The minimum Gasteiger partial charge on any atom is -0.348 e. The van der Waals surface area contributed by atoms with Crippen molar-refractivity contribution in [1.82, 2.24) is 15.1 Å². The zero-order valence-electron chi connectivity index (χ0n) is 15.9. The quantitative estimate of drug-likeness (QED) is 0.822. The van der Waals surface area contributed by atoms with Gasteiger partial charge in [0.1, 0.15) is 0 Å². The van der Waals surface area contributed by atoms with Crippen molar-refractivity contribution in [3.05, 3.63) is 53.7 Å². The molecular weight excluding hydrogens is 324 g/mol. The van der Waals surface area contributed by atoms with Crippen LogP contribution in [0.5, 0.6) is 0 Å². The second-order valence-corrected chi connectivity index (χ2v) is 7.48. The van der Waals surface area contributed by atoms with Crippen LogP contribution in [0.25, 0.3) is 0 Å². The lowest BCUT2D eigenvalue weighted by Crippen LogP contribution is -2.39. The molecule has 2 aromatic rings. The molecule has 1 aromatic carbocycles. The van der Waals surface area contributed by atoms with Gasteiger partial charge in [0.2, 0.25) is 0 Å². The highest BCUT2D eigenvalue weighted by Crippen LogP contribution is 2.20. The summed E-state index contributed by atoms with van der Waals surface area (Å²) in [5, 5.41) is 8.60. The Bertz CT molecular complexity index is 715. The monoisotopic (exact) mass is 352 g/mol. The Hall–Kier alpha value is -2.43. The lowest BCUT2D eigenvalue weighted by Gasteiger charge is -2.31. The SMILES string of the molecule is CC1CCCN(C(=O)c2ccc(N(Cc3ccccc3)C(C)C)nn2)C1. The first-order valence-electron chi connectivity index (χ1n) is 9.48. The molecule has 5 heteroatoms. The number of rotatable bonds is 5. The molecule has 0 N–H and O–H groups in total. The van der Waals surface area contributed by atoms with Crippen molar-refractivity contribution in [3.63, 3.8) is 0 Å². The number of nitrogens with zero attached hydrogens (tertiary/aromatic N) is 4. The van der Waals surface area contributed by atoms with Crippen LogP contribution in [0, 0.1) is 5.92 Å². The van der Waals surface area contributed by atoms with Crippen LogP contribution < -0.4 is 4.90 Å². The van der Waals surface area contributed by atoms with Gasteiger partial charge in [-0.3, -0.25) is 4.79 Å². The number of hydrogen-bond donors (Lipinski definition) is 0. The van der Waals surface area contributed by atoms with E-state index in [1.807, 2.05) is 35.2 Å². The van der Waals surface area contributed by atoms with E-state index in [1.165, 1.54) is 12.0 Å². The average molecular weight is 352 g/mol. The summed E-state index contributed by atoms with van der Waals surface area (Å²) < 4.78 is 0. The lowest BCUT2D eigenvalue weighted by atomic mass is 10.00. The second-order valence-electron chi connectivity index (χ2n) is 7.48. The predicted molar refractivity (Wildman–Crippen MR) is 104 cm³/mol. The van der Waals surface area contributed by atoms with E-state index in [1.54, 1.807) is 0 Å². The predicted octanol–water partition coefficient (Wildman–Crippen LogP) is 3.76. The third kappa shape index (κ3) is 4.40. The van der Waals surface area contributed by atoms with Crippen molar-refractivity contribution in [2.45, 2.75) is 46.2 Å². The van der Waals surface area contributed by atoms with E-state index in [-0.39, 0.29) is 11.9 Å². The van der Waals surface area contributed by atoms with Crippen LogP contribution in [0.4, 0.5) is 5.82 Å². The van der Waals surface area contributed by atoms with E-state index in [0.717, 1.165) is 31.9 Å². The molecule has 5 nitrogen and oxygen atoms in total. The van der Waals surface area contributed by atoms with E-state index >= 15 is 0 Å². The highest BCUT2D eigenvalue weighted by Gasteiger charge is 2.23. The van der Waals surface area contributed by atoms with Crippen molar-refractivity contribution >= 4 is 11.7 Å². The summed E-state index contributed by atoms with van der Waals surface area (Å²) in [5.74, 6) is 1.35. The number of carbonyl (C=O) groups excluding carboxylic acids is 1. The van der Waals surface area contributed by atoms with Gasteiger partial charge >= 0.3 is 0 Å². The maximum absolute atomic E-state index is 12.7. The number of carbonyl (C=O) groups is 1. The minimum atomic E-state index is -0.00486. The Balaban J connectivity index is 1.73. The standard InChI is InChI=1S/C21H28N4O/c1-16(2)25(15-18-9-5-4-6-10-18)20-12-11-19(22-23-20)21(26)24-13-7-8-17(3)14-24/h4-6,9-12,16-17H,7-8,13-15H2,1-3H3. The Labute approximate surface area is 156 Å². The minimum absolute atomic E-state index is 0.00486. The van der Waals surface area contributed by atoms with Crippen LogP contribution in [-0.2, 0) is 6.54 Å². The van der Waals surface area contributed by atoms with Crippen LogP contribution in [-0.4, -0.2) is 40.1 Å².